The van der Waals surface area contributed by atoms with Crippen LogP contribution in [0.3, 0.4) is 0 Å². The standard InChI is InChI=1S/C15H25N3O2/c1-12(2)18(3)10-6-5-8-16-14-11-13(7-9-17-14)15(19)20-4/h7,9,11-12H,5-6,8,10H2,1-4H3,(H,16,17). The maximum absolute atomic E-state index is 11.4. The van der Waals surface area contributed by atoms with E-state index in [2.05, 4.69) is 40.8 Å². The minimum atomic E-state index is -0.339. The van der Waals surface area contributed by atoms with E-state index in [1.54, 1.807) is 18.3 Å². The molecule has 0 saturated heterocycles. The van der Waals surface area contributed by atoms with Gasteiger partial charge in [0.15, 0.2) is 0 Å². The first-order valence-corrected chi connectivity index (χ1v) is 7.03. The van der Waals surface area contributed by atoms with Crippen LogP contribution in [0.1, 0.15) is 37.0 Å². The molecule has 1 aromatic rings. The molecule has 20 heavy (non-hydrogen) atoms. The molecule has 0 aromatic carbocycles. The van der Waals surface area contributed by atoms with Gasteiger partial charge in [0, 0.05) is 18.8 Å². The van der Waals surface area contributed by atoms with Crippen molar-refractivity contribution in [2.75, 3.05) is 32.6 Å². The highest BCUT2D eigenvalue weighted by molar-refractivity contribution is 5.89. The van der Waals surface area contributed by atoms with E-state index < -0.39 is 0 Å². The van der Waals surface area contributed by atoms with Gasteiger partial charge in [0.05, 0.1) is 12.7 Å². The van der Waals surface area contributed by atoms with Crippen molar-refractivity contribution in [2.24, 2.45) is 0 Å². The number of rotatable bonds is 8. The van der Waals surface area contributed by atoms with Crippen LogP contribution >= 0.6 is 0 Å². The molecule has 0 bridgehead atoms. The summed E-state index contributed by atoms with van der Waals surface area (Å²) < 4.78 is 4.68. The molecule has 1 aromatic heterocycles. The van der Waals surface area contributed by atoms with Crippen LogP contribution in [0.15, 0.2) is 18.3 Å². The molecule has 0 spiro atoms. The normalized spacial score (nSPS) is 10.9. The van der Waals surface area contributed by atoms with Gasteiger partial charge in [-0.15, -0.1) is 0 Å². The number of hydrogen-bond acceptors (Lipinski definition) is 5. The summed E-state index contributed by atoms with van der Waals surface area (Å²) in [7, 11) is 3.51. The van der Waals surface area contributed by atoms with Crippen LogP contribution in [0.4, 0.5) is 5.82 Å². The third-order valence-corrected chi connectivity index (χ3v) is 3.31. The highest BCUT2D eigenvalue weighted by Gasteiger charge is 2.06. The molecule has 0 aliphatic carbocycles. The van der Waals surface area contributed by atoms with Gasteiger partial charge in [0.25, 0.3) is 0 Å². The van der Waals surface area contributed by atoms with Gasteiger partial charge >= 0.3 is 5.97 Å². The Morgan fingerprint density at radius 3 is 2.85 bits per heavy atom. The average Bonchev–Trinajstić information content (AvgIpc) is 2.46. The topological polar surface area (TPSA) is 54.5 Å². The lowest BCUT2D eigenvalue weighted by Gasteiger charge is -2.20. The molecule has 0 atom stereocenters. The minimum absolute atomic E-state index is 0.339. The maximum atomic E-state index is 11.4. The fraction of sp³-hybridized carbons (Fsp3) is 0.600. The molecular formula is C15H25N3O2. The highest BCUT2D eigenvalue weighted by Crippen LogP contribution is 2.08. The van der Waals surface area contributed by atoms with Gasteiger partial charge in [-0.1, -0.05) is 0 Å². The van der Waals surface area contributed by atoms with Crippen molar-refractivity contribution < 1.29 is 9.53 Å². The number of anilines is 1. The van der Waals surface area contributed by atoms with E-state index in [0.29, 0.717) is 17.4 Å². The van der Waals surface area contributed by atoms with Gasteiger partial charge in [-0.25, -0.2) is 9.78 Å². The Hall–Kier alpha value is -1.62. The number of carbonyl (C=O) groups excluding carboxylic acids is 1. The first-order chi connectivity index (χ1) is 9.54. The summed E-state index contributed by atoms with van der Waals surface area (Å²) in [5, 5.41) is 3.23. The SMILES string of the molecule is COC(=O)c1ccnc(NCCCCN(C)C(C)C)c1. The van der Waals surface area contributed by atoms with Crippen molar-refractivity contribution in [2.45, 2.75) is 32.7 Å². The van der Waals surface area contributed by atoms with Gasteiger partial charge in [0.1, 0.15) is 5.82 Å². The van der Waals surface area contributed by atoms with Crippen LogP contribution in [-0.2, 0) is 4.74 Å². The summed E-state index contributed by atoms with van der Waals surface area (Å²) in [6.45, 7) is 6.33. The molecule has 5 nitrogen and oxygen atoms in total. The van der Waals surface area contributed by atoms with Crippen LogP contribution in [0, 0.1) is 0 Å². The van der Waals surface area contributed by atoms with Crippen molar-refractivity contribution in [3.05, 3.63) is 23.9 Å². The zero-order valence-corrected chi connectivity index (χ0v) is 12.8. The number of hydrogen-bond donors (Lipinski definition) is 1. The monoisotopic (exact) mass is 279 g/mol. The number of aromatic nitrogens is 1. The summed E-state index contributed by atoms with van der Waals surface area (Å²) in [6.07, 6.45) is 3.82. The number of pyridine rings is 1. The van der Waals surface area contributed by atoms with Crippen molar-refractivity contribution in [3.8, 4) is 0 Å². The summed E-state index contributed by atoms with van der Waals surface area (Å²) >= 11 is 0. The molecule has 112 valence electrons. The number of carbonyl (C=O) groups is 1. The molecule has 1 N–H and O–H groups in total. The number of methoxy groups -OCH3 is 1. The average molecular weight is 279 g/mol. The Balaban J connectivity index is 2.30. The summed E-state index contributed by atoms with van der Waals surface area (Å²) in [6, 6.07) is 3.95. The Morgan fingerprint density at radius 2 is 2.20 bits per heavy atom. The smallest absolute Gasteiger partial charge is 0.338 e. The van der Waals surface area contributed by atoms with E-state index in [9.17, 15) is 4.79 Å². The molecule has 5 heteroatoms. The van der Waals surface area contributed by atoms with E-state index >= 15 is 0 Å². The van der Waals surface area contributed by atoms with Gasteiger partial charge in [0.2, 0.25) is 0 Å². The number of ether oxygens (including phenoxy) is 1. The first-order valence-electron chi connectivity index (χ1n) is 7.03. The Bertz CT molecular complexity index is 421. The molecule has 0 aliphatic rings. The Morgan fingerprint density at radius 1 is 1.45 bits per heavy atom. The van der Waals surface area contributed by atoms with E-state index in [4.69, 9.17) is 0 Å². The lowest BCUT2D eigenvalue weighted by Crippen LogP contribution is -2.27. The Labute approximate surface area is 121 Å². The van der Waals surface area contributed by atoms with Crippen molar-refractivity contribution >= 4 is 11.8 Å². The summed E-state index contributed by atoms with van der Waals surface area (Å²) in [5.74, 6) is 0.374. The number of unbranched alkanes of at least 4 members (excludes halogenated alkanes) is 1. The molecule has 0 fully saturated rings. The molecule has 0 radical (unpaired) electrons. The quantitative estimate of drug-likeness (QED) is 0.585. The number of nitrogens with zero attached hydrogens (tertiary/aromatic N) is 2. The Kier molecular flexibility index (Phi) is 7.01. The zero-order chi connectivity index (χ0) is 15.0. The lowest BCUT2D eigenvalue weighted by atomic mass is 10.2. The minimum Gasteiger partial charge on any atom is -0.465 e. The van der Waals surface area contributed by atoms with E-state index in [1.165, 1.54) is 7.11 Å². The predicted molar refractivity (Wildman–Crippen MR) is 81.1 cm³/mol. The van der Waals surface area contributed by atoms with E-state index in [1.807, 2.05) is 0 Å². The van der Waals surface area contributed by atoms with Crippen molar-refractivity contribution in [3.63, 3.8) is 0 Å². The molecule has 0 saturated carbocycles. The van der Waals surface area contributed by atoms with Crippen LogP contribution in [0.5, 0.6) is 0 Å². The molecule has 0 amide bonds. The second kappa shape index (κ2) is 8.53. The largest absolute Gasteiger partial charge is 0.465 e. The molecule has 0 unspecified atom stereocenters. The third-order valence-electron chi connectivity index (χ3n) is 3.31. The first kappa shape index (κ1) is 16.4. The molecular weight excluding hydrogens is 254 g/mol. The second-order valence-electron chi connectivity index (χ2n) is 5.13. The van der Waals surface area contributed by atoms with E-state index in [0.717, 1.165) is 25.9 Å². The van der Waals surface area contributed by atoms with Gasteiger partial charge in [-0.2, -0.15) is 0 Å². The van der Waals surface area contributed by atoms with Crippen LogP contribution in [0.25, 0.3) is 0 Å². The molecule has 1 rings (SSSR count). The van der Waals surface area contributed by atoms with Gasteiger partial charge in [-0.05, 0) is 52.4 Å². The van der Waals surface area contributed by atoms with Gasteiger partial charge < -0.3 is 15.0 Å². The third kappa shape index (κ3) is 5.57. The molecule has 0 aliphatic heterocycles. The second-order valence-corrected chi connectivity index (χ2v) is 5.13. The predicted octanol–water partition coefficient (Wildman–Crippen LogP) is 2.40. The fourth-order valence-electron chi connectivity index (χ4n) is 1.73. The van der Waals surface area contributed by atoms with E-state index in [-0.39, 0.29) is 5.97 Å². The van der Waals surface area contributed by atoms with Crippen molar-refractivity contribution in [1.82, 2.24) is 9.88 Å². The number of esters is 1. The van der Waals surface area contributed by atoms with Crippen LogP contribution in [-0.4, -0.2) is 49.1 Å². The van der Waals surface area contributed by atoms with Crippen LogP contribution < -0.4 is 5.32 Å². The van der Waals surface area contributed by atoms with Gasteiger partial charge in [-0.3, -0.25) is 0 Å². The van der Waals surface area contributed by atoms with Crippen molar-refractivity contribution in [1.29, 1.82) is 0 Å². The number of nitrogens with one attached hydrogen (secondary N) is 1. The highest BCUT2D eigenvalue weighted by atomic mass is 16.5. The fourth-order valence-corrected chi connectivity index (χ4v) is 1.73. The maximum Gasteiger partial charge on any atom is 0.338 e. The lowest BCUT2D eigenvalue weighted by molar-refractivity contribution is 0.0600. The zero-order valence-electron chi connectivity index (χ0n) is 12.8. The van der Waals surface area contributed by atoms with Crippen LogP contribution in [0.2, 0.25) is 0 Å². The molecule has 1 heterocycles. The summed E-state index contributed by atoms with van der Waals surface area (Å²) in [5.41, 5.74) is 0.518. The summed E-state index contributed by atoms with van der Waals surface area (Å²) in [4.78, 5) is 17.9.